The SMILES string of the molecule is COc1ccccc1CCNCc1cccc(OC)c1OCc1ccc(C)cc1.Cl. The molecule has 0 radical (unpaired) electrons. The van der Waals surface area contributed by atoms with E-state index in [0.717, 1.165) is 41.3 Å². The van der Waals surface area contributed by atoms with Gasteiger partial charge in [0.2, 0.25) is 0 Å². The first-order chi connectivity index (χ1) is 14.2. The number of ether oxygens (including phenoxy) is 3. The zero-order valence-corrected chi connectivity index (χ0v) is 18.6. The smallest absolute Gasteiger partial charge is 0.166 e. The van der Waals surface area contributed by atoms with Gasteiger partial charge in [-0.3, -0.25) is 0 Å². The molecule has 0 spiro atoms. The molecule has 0 atom stereocenters. The van der Waals surface area contributed by atoms with Gasteiger partial charge in [-0.15, -0.1) is 12.4 Å². The van der Waals surface area contributed by atoms with Crippen LogP contribution in [0, 0.1) is 6.92 Å². The number of para-hydroxylation sites is 2. The van der Waals surface area contributed by atoms with E-state index < -0.39 is 0 Å². The summed E-state index contributed by atoms with van der Waals surface area (Å²) in [6, 6.07) is 22.5. The van der Waals surface area contributed by atoms with Crippen LogP contribution in [0.1, 0.15) is 22.3 Å². The highest BCUT2D eigenvalue weighted by atomic mass is 35.5. The molecule has 0 amide bonds. The average molecular weight is 428 g/mol. The van der Waals surface area contributed by atoms with Crippen LogP contribution < -0.4 is 19.5 Å². The number of hydrogen-bond donors (Lipinski definition) is 1. The van der Waals surface area contributed by atoms with Gasteiger partial charge in [0, 0.05) is 12.1 Å². The quantitative estimate of drug-likeness (QED) is 0.443. The van der Waals surface area contributed by atoms with Crippen molar-refractivity contribution >= 4 is 12.4 Å². The molecule has 0 aliphatic rings. The van der Waals surface area contributed by atoms with Crippen molar-refractivity contribution in [3.63, 3.8) is 0 Å². The maximum absolute atomic E-state index is 6.15. The molecule has 5 heteroatoms. The third kappa shape index (κ3) is 6.41. The van der Waals surface area contributed by atoms with Crippen LogP contribution in [0.4, 0.5) is 0 Å². The van der Waals surface area contributed by atoms with Crippen LogP contribution in [0.5, 0.6) is 17.2 Å². The van der Waals surface area contributed by atoms with Crippen LogP contribution in [0.3, 0.4) is 0 Å². The van der Waals surface area contributed by atoms with Crippen molar-refractivity contribution in [2.24, 2.45) is 0 Å². The molecule has 30 heavy (non-hydrogen) atoms. The van der Waals surface area contributed by atoms with Gasteiger partial charge in [0.15, 0.2) is 11.5 Å². The van der Waals surface area contributed by atoms with Crippen molar-refractivity contribution in [1.29, 1.82) is 0 Å². The zero-order valence-electron chi connectivity index (χ0n) is 17.8. The normalized spacial score (nSPS) is 10.2. The van der Waals surface area contributed by atoms with Gasteiger partial charge in [0.05, 0.1) is 14.2 Å². The summed E-state index contributed by atoms with van der Waals surface area (Å²) in [5.41, 5.74) is 4.66. The fourth-order valence-electron chi connectivity index (χ4n) is 3.22. The fourth-order valence-corrected chi connectivity index (χ4v) is 3.22. The lowest BCUT2D eigenvalue weighted by Crippen LogP contribution is -2.17. The Hall–Kier alpha value is -2.69. The summed E-state index contributed by atoms with van der Waals surface area (Å²) < 4.78 is 17.1. The molecule has 0 fully saturated rings. The highest BCUT2D eigenvalue weighted by Gasteiger charge is 2.11. The first kappa shape index (κ1) is 23.6. The van der Waals surface area contributed by atoms with Crippen LogP contribution in [-0.4, -0.2) is 20.8 Å². The van der Waals surface area contributed by atoms with E-state index in [4.69, 9.17) is 14.2 Å². The second-order valence-electron chi connectivity index (χ2n) is 6.96. The molecule has 3 aromatic rings. The summed E-state index contributed by atoms with van der Waals surface area (Å²) >= 11 is 0. The van der Waals surface area contributed by atoms with Gasteiger partial charge in [-0.05, 0) is 43.1 Å². The number of benzene rings is 3. The Balaban J connectivity index is 0.00000320. The summed E-state index contributed by atoms with van der Waals surface area (Å²) in [6.07, 6.45) is 0.896. The number of rotatable bonds is 10. The van der Waals surface area contributed by atoms with E-state index in [2.05, 4.69) is 48.6 Å². The van der Waals surface area contributed by atoms with E-state index in [1.54, 1.807) is 14.2 Å². The Labute approximate surface area is 185 Å². The van der Waals surface area contributed by atoms with Crippen molar-refractivity contribution in [3.8, 4) is 17.2 Å². The summed E-state index contributed by atoms with van der Waals surface area (Å²) in [5.74, 6) is 2.47. The molecule has 0 aromatic heterocycles. The van der Waals surface area contributed by atoms with Crippen molar-refractivity contribution < 1.29 is 14.2 Å². The number of aryl methyl sites for hydroxylation is 1. The van der Waals surface area contributed by atoms with Gasteiger partial charge in [-0.1, -0.05) is 60.2 Å². The largest absolute Gasteiger partial charge is 0.496 e. The topological polar surface area (TPSA) is 39.7 Å². The Morgan fingerprint density at radius 2 is 1.43 bits per heavy atom. The highest BCUT2D eigenvalue weighted by molar-refractivity contribution is 5.85. The monoisotopic (exact) mass is 427 g/mol. The first-order valence-corrected chi connectivity index (χ1v) is 9.88. The van der Waals surface area contributed by atoms with Gasteiger partial charge < -0.3 is 19.5 Å². The third-order valence-electron chi connectivity index (χ3n) is 4.86. The maximum atomic E-state index is 6.15. The van der Waals surface area contributed by atoms with Crippen molar-refractivity contribution in [2.45, 2.75) is 26.5 Å². The Bertz CT molecular complexity index is 913. The molecule has 0 saturated heterocycles. The van der Waals surface area contributed by atoms with Gasteiger partial charge in [-0.25, -0.2) is 0 Å². The fraction of sp³-hybridized carbons (Fsp3) is 0.280. The molecule has 0 saturated carbocycles. The molecule has 0 aliphatic heterocycles. The number of hydrogen-bond acceptors (Lipinski definition) is 4. The lowest BCUT2D eigenvalue weighted by atomic mass is 10.1. The van der Waals surface area contributed by atoms with Crippen molar-refractivity contribution in [1.82, 2.24) is 5.32 Å². The van der Waals surface area contributed by atoms with E-state index in [0.29, 0.717) is 13.2 Å². The van der Waals surface area contributed by atoms with Gasteiger partial charge in [0.25, 0.3) is 0 Å². The first-order valence-electron chi connectivity index (χ1n) is 9.88. The third-order valence-corrected chi connectivity index (χ3v) is 4.86. The number of methoxy groups -OCH3 is 2. The summed E-state index contributed by atoms with van der Waals surface area (Å²) in [7, 11) is 3.38. The second kappa shape index (κ2) is 12.1. The minimum Gasteiger partial charge on any atom is -0.496 e. The average Bonchev–Trinajstić information content (AvgIpc) is 2.76. The Kier molecular flexibility index (Phi) is 9.52. The second-order valence-corrected chi connectivity index (χ2v) is 6.96. The van der Waals surface area contributed by atoms with Gasteiger partial charge in [-0.2, -0.15) is 0 Å². The minimum absolute atomic E-state index is 0. The van der Waals surface area contributed by atoms with E-state index in [1.165, 1.54) is 11.1 Å². The summed E-state index contributed by atoms with van der Waals surface area (Å²) in [4.78, 5) is 0. The molecule has 4 nitrogen and oxygen atoms in total. The zero-order chi connectivity index (χ0) is 20.5. The molecule has 0 heterocycles. The lowest BCUT2D eigenvalue weighted by Gasteiger charge is -2.16. The molecule has 1 N–H and O–H groups in total. The molecule has 160 valence electrons. The number of nitrogens with one attached hydrogen (secondary N) is 1. The van der Waals surface area contributed by atoms with Crippen molar-refractivity contribution in [3.05, 3.63) is 89.0 Å². The Morgan fingerprint density at radius 3 is 2.17 bits per heavy atom. The molecule has 0 unspecified atom stereocenters. The molecular weight excluding hydrogens is 398 g/mol. The van der Waals surface area contributed by atoms with Crippen LogP contribution >= 0.6 is 12.4 Å². The predicted octanol–water partition coefficient (Wildman–Crippen LogP) is 5.35. The lowest BCUT2D eigenvalue weighted by molar-refractivity contribution is 0.280. The predicted molar refractivity (Wildman–Crippen MR) is 124 cm³/mol. The molecule has 3 aromatic carbocycles. The van der Waals surface area contributed by atoms with Crippen molar-refractivity contribution in [2.75, 3.05) is 20.8 Å². The van der Waals surface area contributed by atoms with Crippen LogP contribution in [0.15, 0.2) is 66.7 Å². The maximum Gasteiger partial charge on any atom is 0.166 e. The number of halogens is 1. The van der Waals surface area contributed by atoms with E-state index in [1.807, 2.05) is 30.3 Å². The van der Waals surface area contributed by atoms with Crippen LogP contribution in [-0.2, 0) is 19.6 Å². The minimum atomic E-state index is 0. The van der Waals surface area contributed by atoms with Crippen LogP contribution in [0.2, 0.25) is 0 Å². The Morgan fingerprint density at radius 1 is 0.767 bits per heavy atom. The van der Waals surface area contributed by atoms with E-state index >= 15 is 0 Å². The standard InChI is InChI=1S/C25H29NO3.ClH/c1-19-11-13-20(14-12-19)18-29-25-22(8-6-10-24(25)28-3)17-26-16-15-21-7-4-5-9-23(21)27-2;/h4-14,26H,15-18H2,1-3H3;1H. The van der Waals surface area contributed by atoms with Gasteiger partial charge in [0.1, 0.15) is 12.4 Å². The van der Waals surface area contributed by atoms with E-state index in [9.17, 15) is 0 Å². The molecule has 3 rings (SSSR count). The highest BCUT2D eigenvalue weighted by Crippen LogP contribution is 2.32. The molecular formula is C25H30ClNO3. The van der Waals surface area contributed by atoms with Gasteiger partial charge >= 0.3 is 0 Å². The summed E-state index contributed by atoms with van der Waals surface area (Å²) in [5, 5.41) is 3.51. The molecule has 0 aliphatic carbocycles. The van der Waals surface area contributed by atoms with E-state index in [-0.39, 0.29) is 12.4 Å². The van der Waals surface area contributed by atoms with Crippen LogP contribution in [0.25, 0.3) is 0 Å². The molecule has 0 bridgehead atoms. The summed E-state index contributed by atoms with van der Waals surface area (Å²) in [6.45, 7) is 4.14.